The van der Waals surface area contributed by atoms with Crippen LogP contribution in [0.25, 0.3) is 0 Å². The lowest BCUT2D eigenvalue weighted by molar-refractivity contribution is 0.0367. The van der Waals surface area contributed by atoms with E-state index in [4.69, 9.17) is 0 Å². The maximum atomic E-state index is 13.0. The number of fused-ring (bicyclic) bond motifs is 2. The third kappa shape index (κ3) is 2.39. The van der Waals surface area contributed by atoms with E-state index in [1.807, 2.05) is 0 Å². The van der Waals surface area contributed by atoms with E-state index < -0.39 is 12.5 Å². The van der Waals surface area contributed by atoms with Crippen molar-refractivity contribution >= 4 is 17.3 Å². The molecule has 0 heterocycles. The molecule has 0 radical (unpaired) electrons. The molecule has 0 bridgehead atoms. The highest BCUT2D eigenvalue weighted by molar-refractivity contribution is 6.30. The molecular formula is C17H13F2NO2. The molecule has 0 unspecified atom stereocenters. The van der Waals surface area contributed by atoms with Crippen LogP contribution in [-0.4, -0.2) is 24.0 Å². The summed E-state index contributed by atoms with van der Waals surface area (Å²) in [5.41, 5.74) is 1.31. The van der Waals surface area contributed by atoms with Gasteiger partial charge in [-0.3, -0.25) is 9.59 Å². The van der Waals surface area contributed by atoms with Gasteiger partial charge in [0.1, 0.15) is 0 Å². The van der Waals surface area contributed by atoms with E-state index in [9.17, 15) is 18.4 Å². The van der Waals surface area contributed by atoms with Gasteiger partial charge >= 0.3 is 0 Å². The Morgan fingerprint density at radius 3 is 2.14 bits per heavy atom. The number of carbonyl (C=O) groups excluding carboxylic acids is 2. The van der Waals surface area contributed by atoms with Crippen LogP contribution in [0, 0.1) is 0 Å². The Hall–Kier alpha value is -2.56. The summed E-state index contributed by atoms with van der Waals surface area (Å²) in [6, 6.07) is 11.2. The van der Waals surface area contributed by atoms with E-state index in [-0.39, 0.29) is 28.4 Å². The van der Waals surface area contributed by atoms with E-state index >= 15 is 0 Å². The molecule has 1 aliphatic carbocycles. The topological polar surface area (TPSA) is 46.2 Å². The molecule has 112 valence electrons. The maximum Gasteiger partial charge on any atom is 0.262 e. The van der Waals surface area contributed by atoms with Crippen molar-refractivity contribution in [2.45, 2.75) is 12.8 Å². The van der Waals surface area contributed by atoms with Crippen molar-refractivity contribution in [2.75, 3.05) is 11.9 Å². The van der Waals surface area contributed by atoms with Crippen LogP contribution in [0.2, 0.25) is 0 Å². The molecule has 1 aliphatic rings. The van der Waals surface area contributed by atoms with Crippen molar-refractivity contribution in [2.24, 2.45) is 0 Å². The number of benzene rings is 2. The average molecular weight is 301 g/mol. The van der Waals surface area contributed by atoms with Gasteiger partial charge in [-0.1, -0.05) is 36.4 Å². The molecule has 1 N–H and O–H groups in total. The Balaban J connectivity index is 2.09. The molecule has 0 fully saturated rings. The van der Waals surface area contributed by atoms with Gasteiger partial charge in [0.15, 0.2) is 11.6 Å². The van der Waals surface area contributed by atoms with Gasteiger partial charge in [-0.2, -0.15) is 0 Å². The van der Waals surface area contributed by atoms with Crippen molar-refractivity contribution in [1.29, 1.82) is 0 Å². The highest BCUT2D eigenvalue weighted by Gasteiger charge is 2.32. The molecule has 0 spiro atoms. The third-order valence-corrected chi connectivity index (χ3v) is 3.54. The predicted molar refractivity (Wildman–Crippen MR) is 78.9 cm³/mol. The summed E-state index contributed by atoms with van der Waals surface area (Å²) in [4.78, 5) is 25.1. The molecule has 0 atom stereocenters. The SMILES string of the molecule is CC(F)(F)CNc1cccc2c1C(=O)c1ccccc1C2=O. The minimum atomic E-state index is -2.91. The maximum absolute atomic E-state index is 13.0. The average Bonchev–Trinajstić information content (AvgIpc) is 2.49. The van der Waals surface area contributed by atoms with Gasteiger partial charge in [-0.15, -0.1) is 0 Å². The molecule has 0 saturated heterocycles. The standard InChI is InChI=1S/C17H13F2NO2/c1-17(18,19)9-20-13-8-4-7-12-14(13)16(22)11-6-3-2-5-10(11)15(12)21/h2-8,20H,9H2,1H3. The number of hydrogen-bond donors (Lipinski definition) is 1. The Bertz CT molecular complexity index is 778. The summed E-state index contributed by atoms with van der Waals surface area (Å²) in [6.07, 6.45) is 0. The molecular weight excluding hydrogens is 288 g/mol. The Labute approximate surface area is 126 Å². The van der Waals surface area contributed by atoms with Crippen LogP contribution in [0.5, 0.6) is 0 Å². The minimum absolute atomic E-state index is 0.162. The van der Waals surface area contributed by atoms with Crippen LogP contribution in [0.15, 0.2) is 42.5 Å². The van der Waals surface area contributed by atoms with E-state index in [0.717, 1.165) is 6.92 Å². The van der Waals surface area contributed by atoms with Crippen LogP contribution in [0.3, 0.4) is 0 Å². The van der Waals surface area contributed by atoms with Crippen LogP contribution in [0.1, 0.15) is 38.8 Å². The quantitative estimate of drug-likeness (QED) is 0.805. The first kappa shape index (κ1) is 14.4. The second-order valence-electron chi connectivity index (χ2n) is 5.36. The number of hydrogen-bond acceptors (Lipinski definition) is 3. The number of ketones is 2. The van der Waals surface area contributed by atoms with Crippen molar-refractivity contribution in [3.8, 4) is 0 Å². The molecule has 0 saturated carbocycles. The van der Waals surface area contributed by atoms with Gasteiger partial charge in [-0.05, 0) is 6.07 Å². The van der Waals surface area contributed by atoms with E-state index in [2.05, 4.69) is 5.32 Å². The zero-order chi connectivity index (χ0) is 15.9. The van der Waals surface area contributed by atoms with Crippen molar-refractivity contribution in [3.05, 3.63) is 64.7 Å². The fourth-order valence-electron chi connectivity index (χ4n) is 2.54. The Kier molecular flexibility index (Phi) is 3.28. The zero-order valence-corrected chi connectivity index (χ0v) is 11.8. The first-order chi connectivity index (χ1) is 10.4. The number of rotatable bonds is 3. The zero-order valence-electron chi connectivity index (χ0n) is 11.8. The van der Waals surface area contributed by atoms with E-state index in [1.54, 1.807) is 36.4 Å². The molecule has 3 rings (SSSR count). The van der Waals surface area contributed by atoms with Gasteiger partial charge in [0.2, 0.25) is 0 Å². The lowest BCUT2D eigenvalue weighted by Crippen LogP contribution is -2.26. The normalized spacial score (nSPS) is 13.6. The van der Waals surface area contributed by atoms with E-state index in [0.29, 0.717) is 11.1 Å². The van der Waals surface area contributed by atoms with Crippen molar-refractivity contribution in [3.63, 3.8) is 0 Å². The first-order valence-corrected chi connectivity index (χ1v) is 6.81. The second kappa shape index (κ2) is 5.02. The molecule has 2 aromatic carbocycles. The summed E-state index contributed by atoms with van der Waals surface area (Å²) < 4.78 is 26.1. The molecule has 5 heteroatoms. The summed E-state index contributed by atoms with van der Waals surface area (Å²) in [5, 5.41) is 2.57. The minimum Gasteiger partial charge on any atom is -0.378 e. The lowest BCUT2D eigenvalue weighted by atomic mass is 9.83. The fourth-order valence-corrected chi connectivity index (χ4v) is 2.54. The third-order valence-electron chi connectivity index (χ3n) is 3.54. The van der Waals surface area contributed by atoms with E-state index in [1.165, 1.54) is 6.07 Å². The van der Waals surface area contributed by atoms with Gasteiger partial charge in [0.05, 0.1) is 12.1 Å². The summed E-state index contributed by atoms with van der Waals surface area (Å²) >= 11 is 0. The van der Waals surface area contributed by atoms with Crippen molar-refractivity contribution < 1.29 is 18.4 Å². The molecule has 0 amide bonds. The molecule has 3 nitrogen and oxygen atoms in total. The van der Waals surface area contributed by atoms with Crippen LogP contribution in [0.4, 0.5) is 14.5 Å². The number of nitrogens with one attached hydrogen (secondary N) is 1. The first-order valence-electron chi connectivity index (χ1n) is 6.81. The lowest BCUT2D eigenvalue weighted by Gasteiger charge is -2.21. The highest BCUT2D eigenvalue weighted by Crippen LogP contribution is 2.32. The van der Waals surface area contributed by atoms with Gasteiger partial charge in [-0.25, -0.2) is 8.78 Å². The number of alkyl halides is 2. The fraction of sp³-hybridized carbons (Fsp3) is 0.176. The molecule has 22 heavy (non-hydrogen) atoms. The van der Waals surface area contributed by atoms with Gasteiger partial charge in [0, 0.05) is 29.3 Å². The second-order valence-corrected chi connectivity index (χ2v) is 5.36. The number of carbonyl (C=O) groups is 2. The number of anilines is 1. The molecule has 0 aromatic heterocycles. The van der Waals surface area contributed by atoms with Gasteiger partial charge < -0.3 is 5.32 Å². The van der Waals surface area contributed by atoms with Crippen LogP contribution < -0.4 is 5.32 Å². The highest BCUT2D eigenvalue weighted by atomic mass is 19.3. The van der Waals surface area contributed by atoms with Crippen LogP contribution in [-0.2, 0) is 0 Å². The van der Waals surface area contributed by atoms with Gasteiger partial charge in [0.25, 0.3) is 5.92 Å². The summed E-state index contributed by atoms with van der Waals surface area (Å²) in [6.45, 7) is 0.185. The Morgan fingerprint density at radius 1 is 0.909 bits per heavy atom. The smallest absolute Gasteiger partial charge is 0.262 e. The summed E-state index contributed by atoms with van der Waals surface area (Å²) in [5.74, 6) is -3.51. The molecule has 2 aromatic rings. The monoisotopic (exact) mass is 301 g/mol. The molecule has 0 aliphatic heterocycles. The largest absolute Gasteiger partial charge is 0.378 e. The summed E-state index contributed by atoms with van der Waals surface area (Å²) in [7, 11) is 0. The van der Waals surface area contributed by atoms with Crippen molar-refractivity contribution in [1.82, 2.24) is 0 Å². The predicted octanol–water partition coefficient (Wildman–Crippen LogP) is 3.53. The van der Waals surface area contributed by atoms with Crippen LogP contribution >= 0.6 is 0 Å². The number of halogens is 2. The Morgan fingerprint density at radius 2 is 1.50 bits per heavy atom.